The van der Waals surface area contributed by atoms with Crippen LogP contribution < -0.4 is 9.80 Å². The summed E-state index contributed by atoms with van der Waals surface area (Å²) in [5.41, 5.74) is 19.9. The third-order valence-electron chi connectivity index (χ3n) is 12.9. The first-order valence-corrected chi connectivity index (χ1v) is 21.0. The van der Waals surface area contributed by atoms with Crippen LogP contribution in [0.15, 0.2) is 109 Å². The quantitative estimate of drug-likeness (QED) is 0.156. The molecule has 0 N–H and O–H groups in total. The molecule has 0 radical (unpaired) electrons. The van der Waals surface area contributed by atoms with Crippen LogP contribution in [0.5, 0.6) is 0 Å². The lowest BCUT2D eigenvalue weighted by Gasteiger charge is -2.33. The molecule has 58 heavy (non-hydrogen) atoms. The zero-order valence-electron chi connectivity index (χ0n) is 37.3. The van der Waals surface area contributed by atoms with Crippen molar-refractivity contribution in [3.05, 3.63) is 165 Å². The van der Waals surface area contributed by atoms with Crippen LogP contribution in [0.25, 0.3) is 32.3 Å². The van der Waals surface area contributed by atoms with Crippen molar-refractivity contribution in [2.24, 2.45) is 0 Å². The second kappa shape index (κ2) is 14.0. The van der Waals surface area contributed by atoms with Gasteiger partial charge in [-0.05, 0) is 216 Å². The summed E-state index contributed by atoms with van der Waals surface area (Å²) in [7, 11) is 0. The minimum atomic E-state index is -0.109. The molecule has 0 bridgehead atoms. The topological polar surface area (TPSA) is 6.48 Å². The molecule has 0 fully saturated rings. The summed E-state index contributed by atoms with van der Waals surface area (Å²) in [5, 5.41) is 7.88. The van der Waals surface area contributed by atoms with E-state index in [0.717, 1.165) is 0 Å². The van der Waals surface area contributed by atoms with Gasteiger partial charge in [0.25, 0.3) is 0 Å². The minimum absolute atomic E-state index is 0.109. The maximum Gasteiger partial charge on any atom is 0.0540 e. The van der Waals surface area contributed by atoms with Crippen LogP contribution in [0, 0.1) is 55.4 Å². The molecule has 0 aromatic heterocycles. The van der Waals surface area contributed by atoms with Gasteiger partial charge in [0.15, 0.2) is 0 Å². The summed E-state index contributed by atoms with van der Waals surface area (Å²) >= 11 is 0. The Morgan fingerprint density at radius 2 is 0.569 bits per heavy atom. The molecule has 8 rings (SSSR count). The molecule has 0 heterocycles. The first-order valence-electron chi connectivity index (χ1n) is 21.0. The van der Waals surface area contributed by atoms with Crippen LogP contribution in [-0.4, -0.2) is 0 Å². The van der Waals surface area contributed by atoms with E-state index in [4.69, 9.17) is 0 Å². The smallest absolute Gasteiger partial charge is 0.0540 e. The zero-order valence-corrected chi connectivity index (χ0v) is 37.3. The third-order valence-corrected chi connectivity index (χ3v) is 12.9. The first-order chi connectivity index (χ1) is 27.3. The van der Waals surface area contributed by atoms with Crippen molar-refractivity contribution < 1.29 is 0 Å². The molecule has 8 aromatic rings. The van der Waals surface area contributed by atoms with Gasteiger partial charge in [-0.1, -0.05) is 77.9 Å². The van der Waals surface area contributed by atoms with Gasteiger partial charge in [0.1, 0.15) is 0 Å². The van der Waals surface area contributed by atoms with Crippen LogP contribution in [0.1, 0.15) is 97.2 Å². The van der Waals surface area contributed by atoms with E-state index < -0.39 is 0 Å². The van der Waals surface area contributed by atoms with Gasteiger partial charge in [-0.25, -0.2) is 0 Å². The predicted octanol–water partition coefficient (Wildman–Crippen LogP) is 16.6. The fraction of sp³-hybridized carbons (Fsp3) is 0.286. The van der Waals surface area contributed by atoms with Gasteiger partial charge in [-0.3, -0.25) is 0 Å². The van der Waals surface area contributed by atoms with E-state index in [-0.39, 0.29) is 10.8 Å². The Labute approximate surface area is 347 Å². The van der Waals surface area contributed by atoms with E-state index in [1.807, 2.05) is 0 Å². The second-order valence-electron chi connectivity index (χ2n) is 19.2. The van der Waals surface area contributed by atoms with Crippen LogP contribution in [-0.2, 0) is 10.8 Å². The molecule has 0 unspecified atom stereocenters. The Morgan fingerprint density at radius 1 is 0.293 bits per heavy atom. The zero-order chi connectivity index (χ0) is 41.6. The molecule has 0 aliphatic heterocycles. The fourth-order valence-corrected chi connectivity index (χ4v) is 8.89. The molecular formula is C56H60N2. The van der Waals surface area contributed by atoms with Crippen molar-refractivity contribution in [2.75, 3.05) is 9.80 Å². The first kappa shape index (κ1) is 39.2. The average molecular weight is 761 g/mol. The van der Waals surface area contributed by atoms with Gasteiger partial charge in [-0.2, -0.15) is 0 Å². The average Bonchev–Trinajstić information content (AvgIpc) is 3.16. The van der Waals surface area contributed by atoms with Crippen molar-refractivity contribution in [3.63, 3.8) is 0 Å². The number of anilines is 6. The molecule has 0 amide bonds. The van der Waals surface area contributed by atoms with Gasteiger partial charge in [-0.15, -0.1) is 0 Å². The molecule has 0 aliphatic carbocycles. The molecule has 294 valence electrons. The molecule has 2 nitrogen and oxygen atoms in total. The summed E-state index contributed by atoms with van der Waals surface area (Å²) in [6.07, 6.45) is 0. The van der Waals surface area contributed by atoms with Gasteiger partial charge < -0.3 is 9.80 Å². The number of rotatable bonds is 6. The van der Waals surface area contributed by atoms with Gasteiger partial charge in [0.2, 0.25) is 0 Å². The Morgan fingerprint density at radius 3 is 0.810 bits per heavy atom. The van der Waals surface area contributed by atoms with Crippen LogP contribution in [0.3, 0.4) is 0 Å². The van der Waals surface area contributed by atoms with Crippen LogP contribution in [0.2, 0.25) is 0 Å². The highest BCUT2D eigenvalue weighted by atomic mass is 15.1. The minimum Gasteiger partial charge on any atom is -0.310 e. The Balaban J connectivity index is 1.57. The maximum absolute atomic E-state index is 2.53. The molecule has 2 heteroatoms. The molecule has 0 spiro atoms. The lowest BCUT2D eigenvalue weighted by Crippen LogP contribution is -2.17. The predicted molar refractivity (Wildman–Crippen MR) is 255 cm³/mol. The summed E-state index contributed by atoms with van der Waals surface area (Å²) in [4.78, 5) is 5.01. The highest BCUT2D eigenvalue weighted by molar-refractivity contribution is 6.30. The summed E-state index contributed by atoms with van der Waals surface area (Å²) in [5.74, 6) is 0. The van der Waals surface area contributed by atoms with E-state index in [0.29, 0.717) is 0 Å². The van der Waals surface area contributed by atoms with E-state index in [9.17, 15) is 0 Å². The fourth-order valence-electron chi connectivity index (χ4n) is 8.89. The summed E-state index contributed by atoms with van der Waals surface area (Å²) in [6.45, 7) is 31.9. The van der Waals surface area contributed by atoms with Crippen molar-refractivity contribution in [2.45, 2.75) is 108 Å². The highest BCUT2D eigenvalue weighted by Gasteiger charge is 2.30. The Kier molecular flexibility index (Phi) is 9.50. The van der Waals surface area contributed by atoms with Crippen LogP contribution in [0.4, 0.5) is 34.1 Å². The second-order valence-corrected chi connectivity index (χ2v) is 19.2. The highest BCUT2D eigenvalue weighted by Crippen LogP contribution is 2.52. The van der Waals surface area contributed by atoms with Crippen molar-refractivity contribution >= 4 is 66.4 Å². The monoisotopic (exact) mass is 760 g/mol. The van der Waals surface area contributed by atoms with Crippen molar-refractivity contribution in [3.8, 4) is 0 Å². The number of benzene rings is 8. The normalized spacial score (nSPS) is 12.3. The van der Waals surface area contributed by atoms with E-state index in [1.165, 1.54) is 122 Å². The Bertz CT molecular complexity index is 2590. The number of hydrogen-bond donors (Lipinski definition) is 0. The van der Waals surface area contributed by atoms with Crippen molar-refractivity contribution in [1.29, 1.82) is 0 Å². The molecule has 0 saturated carbocycles. The standard InChI is InChI=1S/C56H60N2/c1-33-15-19-41(27-37(33)5)57(42-20-16-34(2)38(6)28-42)51-25-23-45-50(56(12,13)14)32-48-52(26-24-46-49(55(9,10)11)31-47(51)53(45)54(46)48)58(43-21-17-35(3)39(7)29-43)44-22-18-36(4)40(8)30-44/h15-32H,1-14H3. The Hall–Kier alpha value is -5.60. The lowest BCUT2D eigenvalue weighted by molar-refractivity contribution is 0.595. The molecule has 0 atom stereocenters. The SMILES string of the molecule is Cc1ccc(N(c2ccc(C)c(C)c2)c2ccc3c(C(C)(C)C)cc4c(N(c5ccc(C)c(C)c5)c5ccc(C)c(C)c5)ccc5c(C(C)(C)C)cc2c3c45)cc1C. The molecule has 8 aromatic carbocycles. The van der Waals surface area contributed by atoms with Gasteiger partial charge >= 0.3 is 0 Å². The molecule has 0 aliphatic rings. The van der Waals surface area contributed by atoms with Crippen molar-refractivity contribution in [1.82, 2.24) is 0 Å². The van der Waals surface area contributed by atoms with E-state index in [1.54, 1.807) is 0 Å². The van der Waals surface area contributed by atoms with E-state index >= 15 is 0 Å². The number of hydrogen-bond acceptors (Lipinski definition) is 2. The third kappa shape index (κ3) is 6.61. The lowest BCUT2D eigenvalue weighted by atomic mass is 9.76. The van der Waals surface area contributed by atoms with Gasteiger partial charge in [0.05, 0.1) is 11.4 Å². The largest absolute Gasteiger partial charge is 0.310 e. The maximum atomic E-state index is 2.53. The number of aryl methyl sites for hydroxylation is 8. The van der Waals surface area contributed by atoms with Crippen LogP contribution >= 0.6 is 0 Å². The van der Waals surface area contributed by atoms with E-state index in [2.05, 4.69) is 216 Å². The molecular weight excluding hydrogens is 701 g/mol. The molecule has 0 saturated heterocycles. The number of nitrogens with zero attached hydrogens (tertiary/aromatic N) is 2. The van der Waals surface area contributed by atoms with Gasteiger partial charge in [0, 0.05) is 33.5 Å². The summed E-state index contributed by atoms with van der Waals surface area (Å²) in [6, 6.07) is 42.4. The summed E-state index contributed by atoms with van der Waals surface area (Å²) < 4.78 is 0.